The van der Waals surface area contributed by atoms with E-state index in [1.54, 1.807) is 7.11 Å². The summed E-state index contributed by atoms with van der Waals surface area (Å²) in [5.41, 5.74) is 2.65. The highest BCUT2D eigenvalue weighted by molar-refractivity contribution is 7.07. The van der Waals surface area contributed by atoms with Crippen LogP contribution in [0.4, 0.5) is 0 Å². The normalized spacial score (nSPS) is 11.1. The zero-order chi connectivity index (χ0) is 14.8. The molecule has 1 N–H and O–H groups in total. The maximum absolute atomic E-state index is 11.3. The van der Waals surface area contributed by atoms with Crippen LogP contribution >= 0.6 is 22.9 Å². The van der Waals surface area contributed by atoms with E-state index in [0.29, 0.717) is 18.8 Å². The molecular weight excluding hydrogens is 310 g/mol. The molecule has 110 valence electrons. The van der Waals surface area contributed by atoms with Crippen molar-refractivity contribution in [3.05, 3.63) is 44.8 Å². The fourth-order valence-electron chi connectivity index (χ4n) is 2.35. The van der Waals surface area contributed by atoms with Gasteiger partial charge in [0.15, 0.2) is 0 Å². The molecule has 21 heavy (non-hydrogen) atoms. The molecule has 0 aliphatic rings. The number of thiazole rings is 1. The lowest BCUT2D eigenvalue weighted by Gasteiger charge is -2.07. The average Bonchev–Trinajstić information content (AvgIpc) is 3.04. The fourth-order valence-corrected chi connectivity index (χ4v) is 3.09. The Morgan fingerprint density at radius 1 is 1.48 bits per heavy atom. The molecule has 1 aromatic carbocycles. The third-order valence-corrected chi connectivity index (χ3v) is 4.17. The second-order valence-electron chi connectivity index (χ2n) is 4.55. The molecule has 0 aliphatic heterocycles. The van der Waals surface area contributed by atoms with Crippen molar-refractivity contribution >= 4 is 34.0 Å². The number of para-hydroxylation sites is 1. The second-order valence-corrected chi connectivity index (χ2v) is 5.77. The standard InChI is InChI=1S/C14H14ClN3O2S/c1-20-11-4-2-3-10-13(11)17-12(5-6-15)18(10)7-9-8-21-14(19)16-9/h2-4,8H,5-7H2,1H3,(H,16,19). The first-order valence-corrected chi connectivity index (χ1v) is 7.89. The van der Waals surface area contributed by atoms with Crippen molar-refractivity contribution in [3.8, 4) is 5.75 Å². The molecule has 0 atom stereocenters. The van der Waals surface area contributed by atoms with Gasteiger partial charge in [-0.25, -0.2) is 4.98 Å². The zero-order valence-corrected chi connectivity index (χ0v) is 13.0. The van der Waals surface area contributed by atoms with Gasteiger partial charge in [0.1, 0.15) is 17.1 Å². The van der Waals surface area contributed by atoms with Gasteiger partial charge in [-0.1, -0.05) is 17.4 Å². The first-order valence-electron chi connectivity index (χ1n) is 6.47. The maximum atomic E-state index is 11.3. The van der Waals surface area contributed by atoms with Crippen LogP contribution in [0.5, 0.6) is 5.75 Å². The van der Waals surface area contributed by atoms with Crippen LogP contribution in [-0.4, -0.2) is 27.5 Å². The summed E-state index contributed by atoms with van der Waals surface area (Å²) in [6, 6.07) is 5.81. The predicted molar refractivity (Wildman–Crippen MR) is 84.8 cm³/mol. The highest BCUT2D eigenvalue weighted by Gasteiger charge is 2.14. The minimum absolute atomic E-state index is 0.0501. The van der Waals surface area contributed by atoms with E-state index < -0.39 is 0 Å². The topological polar surface area (TPSA) is 59.9 Å². The molecule has 2 aromatic heterocycles. The number of aryl methyl sites for hydroxylation is 1. The molecule has 0 bridgehead atoms. The molecule has 3 aromatic rings. The van der Waals surface area contributed by atoms with Gasteiger partial charge in [0.25, 0.3) is 0 Å². The van der Waals surface area contributed by atoms with Gasteiger partial charge in [-0.05, 0) is 12.1 Å². The molecule has 0 spiro atoms. The first-order chi connectivity index (χ1) is 10.2. The molecule has 0 aliphatic carbocycles. The molecule has 0 amide bonds. The molecular formula is C14H14ClN3O2S. The molecule has 2 heterocycles. The lowest BCUT2D eigenvalue weighted by Crippen LogP contribution is -2.07. The minimum atomic E-state index is -0.0501. The number of aromatic nitrogens is 3. The number of fused-ring (bicyclic) bond motifs is 1. The van der Waals surface area contributed by atoms with Crippen molar-refractivity contribution in [1.82, 2.24) is 14.5 Å². The van der Waals surface area contributed by atoms with E-state index in [2.05, 4.69) is 14.5 Å². The Balaban J connectivity index is 2.13. The maximum Gasteiger partial charge on any atom is 0.304 e. The Kier molecular flexibility index (Phi) is 3.98. The number of aromatic amines is 1. The molecule has 0 radical (unpaired) electrons. The van der Waals surface area contributed by atoms with E-state index in [9.17, 15) is 4.79 Å². The summed E-state index contributed by atoms with van der Waals surface area (Å²) < 4.78 is 7.43. The van der Waals surface area contributed by atoms with E-state index >= 15 is 0 Å². The van der Waals surface area contributed by atoms with Crippen molar-refractivity contribution in [3.63, 3.8) is 0 Å². The third-order valence-electron chi connectivity index (χ3n) is 3.26. The lowest BCUT2D eigenvalue weighted by atomic mass is 10.3. The van der Waals surface area contributed by atoms with Gasteiger partial charge < -0.3 is 14.3 Å². The first kappa shape index (κ1) is 14.2. The molecule has 0 unspecified atom stereocenters. The Morgan fingerprint density at radius 3 is 3.00 bits per heavy atom. The molecule has 0 fully saturated rings. The fraction of sp³-hybridized carbons (Fsp3) is 0.286. The van der Waals surface area contributed by atoms with E-state index in [1.165, 1.54) is 0 Å². The number of alkyl halides is 1. The van der Waals surface area contributed by atoms with Gasteiger partial charge in [-0.2, -0.15) is 0 Å². The summed E-state index contributed by atoms with van der Waals surface area (Å²) in [6.45, 7) is 0.564. The number of imidazole rings is 1. The van der Waals surface area contributed by atoms with Gasteiger partial charge in [-0.3, -0.25) is 4.79 Å². The smallest absolute Gasteiger partial charge is 0.304 e. The summed E-state index contributed by atoms with van der Waals surface area (Å²) in [4.78, 5) is 18.7. The number of rotatable bonds is 5. The van der Waals surface area contributed by atoms with E-state index in [-0.39, 0.29) is 4.87 Å². The lowest BCUT2D eigenvalue weighted by molar-refractivity contribution is 0.419. The van der Waals surface area contributed by atoms with Gasteiger partial charge in [0.2, 0.25) is 0 Å². The van der Waals surface area contributed by atoms with Crippen molar-refractivity contribution < 1.29 is 4.74 Å². The SMILES string of the molecule is COc1cccc2c1nc(CCCl)n2Cc1csc(=O)[nH]1. The van der Waals surface area contributed by atoms with Gasteiger partial charge in [0, 0.05) is 23.4 Å². The zero-order valence-electron chi connectivity index (χ0n) is 11.4. The van der Waals surface area contributed by atoms with Crippen molar-refractivity contribution in [2.24, 2.45) is 0 Å². The Bertz CT molecular complexity index is 821. The van der Waals surface area contributed by atoms with Crippen LogP contribution in [0.1, 0.15) is 11.5 Å². The highest BCUT2D eigenvalue weighted by Crippen LogP contribution is 2.26. The molecule has 0 saturated heterocycles. The predicted octanol–water partition coefficient (Wildman–Crippen LogP) is 2.62. The van der Waals surface area contributed by atoms with Crippen LogP contribution in [0.2, 0.25) is 0 Å². The Labute approximate surface area is 130 Å². The second kappa shape index (κ2) is 5.91. The molecule has 7 heteroatoms. The minimum Gasteiger partial charge on any atom is -0.494 e. The van der Waals surface area contributed by atoms with E-state index in [0.717, 1.165) is 39.6 Å². The number of halogens is 1. The van der Waals surface area contributed by atoms with Crippen LogP contribution in [-0.2, 0) is 13.0 Å². The van der Waals surface area contributed by atoms with E-state index in [4.69, 9.17) is 16.3 Å². The van der Waals surface area contributed by atoms with Crippen LogP contribution in [0, 0.1) is 0 Å². The summed E-state index contributed by atoms with van der Waals surface area (Å²) in [6.07, 6.45) is 0.660. The number of nitrogens with one attached hydrogen (secondary N) is 1. The number of hydrogen-bond donors (Lipinski definition) is 1. The van der Waals surface area contributed by atoms with E-state index in [1.807, 2.05) is 23.6 Å². The quantitative estimate of drug-likeness (QED) is 0.734. The number of methoxy groups -OCH3 is 1. The summed E-state index contributed by atoms with van der Waals surface area (Å²) in [5, 5.41) is 1.83. The molecule has 3 rings (SSSR count). The number of ether oxygens (including phenoxy) is 1. The van der Waals surface area contributed by atoms with Crippen LogP contribution in [0.25, 0.3) is 11.0 Å². The summed E-state index contributed by atoms with van der Waals surface area (Å²) >= 11 is 7.04. The summed E-state index contributed by atoms with van der Waals surface area (Å²) in [5.74, 6) is 2.11. The monoisotopic (exact) mass is 323 g/mol. The largest absolute Gasteiger partial charge is 0.494 e. The van der Waals surface area contributed by atoms with Crippen molar-refractivity contribution in [1.29, 1.82) is 0 Å². The number of hydrogen-bond acceptors (Lipinski definition) is 4. The van der Waals surface area contributed by atoms with Crippen molar-refractivity contribution in [2.45, 2.75) is 13.0 Å². The number of H-pyrrole nitrogens is 1. The van der Waals surface area contributed by atoms with Gasteiger partial charge >= 0.3 is 4.87 Å². The Morgan fingerprint density at radius 2 is 2.33 bits per heavy atom. The van der Waals surface area contributed by atoms with Crippen LogP contribution in [0.3, 0.4) is 0 Å². The van der Waals surface area contributed by atoms with Gasteiger partial charge in [0.05, 0.1) is 19.2 Å². The van der Waals surface area contributed by atoms with Crippen molar-refractivity contribution in [2.75, 3.05) is 13.0 Å². The third kappa shape index (κ3) is 2.69. The van der Waals surface area contributed by atoms with Crippen LogP contribution in [0.15, 0.2) is 28.4 Å². The molecule has 5 nitrogen and oxygen atoms in total. The van der Waals surface area contributed by atoms with Crippen LogP contribution < -0.4 is 9.61 Å². The number of benzene rings is 1. The Hall–Kier alpha value is -1.79. The molecule has 0 saturated carbocycles. The average molecular weight is 324 g/mol. The van der Waals surface area contributed by atoms with Gasteiger partial charge in [-0.15, -0.1) is 11.6 Å². The summed E-state index contributed by atoms with van der Waals surface area (Å²) in [7, 11) is 1.63. The number of nitrogens with zero attached hydrogens (tertiary/aromatic N) is 2. The highest BCUT2D eigenvalue weighted by atomic mass is 35.5.